The Morgan fingerprint density at radius 1 is 1.21 bits per heavy atom. The van der Waals surface area contributed by atoms with Gasteiger partial charge in [-0.25, -0.2) is 0 Å². The minimum Gasteiger partial charge on any atom is -0.389 e. The fourth-order valence-corrected chi connectivity index (χ4v) is 1.38. The molecule has 0 aliphatic heterocycles. The maximum atomic E-state index is 4.09. The summed E-state index contributed by atoms with van der Waals surface area (Å²) in [7, 11) is 0. The molecule has 84 valence electrons. The molecule has 0 rings (SSSR count). The zero-order valence-corrected chi connectivity index (χ0v) is 10.4. The number of rotatable bonds is 8. The van der Waals surface area contributed by atoms with Crippen LogP contribution in [0, 0.1) is 11.8 Å². The summed E-state index contributed by atoms with van der Waals surface area (Å²) in [6, 6.07) is 0. The van der Waals surface area contributed by atoms with E-state index in [4.69, 9.17) is 0 Å². The zero-order valence-electron chi connectivity index (χ0n) is 10.4. The first kappa shape index (κ1) is 13.5. The number of hydrogen-bond acceptors (Lipinski definition) is 1. The van der Waals surface area contributed by atoms with Crippen molar-refractivity contribution in [1.29, 1.82) is 0 Å². The molecule has 0 bridgehead atoms. The lowest BCUT2D eigenvalue weighted by atomic mass is 10.0. The van der Waals surface area contributed by atoms with Gasteiger partial charge in [-0.1, -0.05) is 47.1 Å². The van der Waals surface area contributed by atoms with Crippen LogP contribution in [0.1, 0.15) is 53.4 Å². The number of nitrogens with one attached hydrogen (secondary N) is 1. The molecule has 0 fully saturated rings. The Balaban J connectivity index is 3.52. The van der Waals surface area contributed by atoms with E-state index in [0.717, 1.165) is 12.5 Å². The van der Waals surface area contributed by atoms with Crippen LogP contribution in [0.2, 0.25) is 0 Å². The first-order valence-electron chi connectivity index (χ1n) is 6.00. The zero-order chi connectivity index (χ0) is 11.0. The van der Waals surface area contributed by atoms with Gasteiger partial charge in [0.15, 0.2) is 0 Å². The molecule has 0 aromatic heterocycles. The third-order valence-corrected chi connectivity index (χ3v) is 2.66. The van der Waals surface area contributed by atoms with Gasteiger partial charge in [-0.15, -0.1) is 0 Å². The molecule has 14 heavy (non-hydrogen) atoms. The molecule has 0 amide bonds. The summed E-state index contributed by atoms with van der Waals surface area (Å²) in [4.78, 5) is 0. The summed E-state index contributed by atoms with van der Waals surface area (Å²) < 4.78 is 0. The standard InChI is InChI=1S/C13H27N/c1-6-7-8-12(4)13(5)14-10-9-11(2)3/h11-12,14H,5-10H2,1-4H3. The molecule has 0 aromatic carbocycles. The van der Waals surface area contributed by atoms with E-state index in [1.165, 1.54) is 31.4 Å². The molecule has 0 aromatic rings. The van der Waals surface area contributed by atoms with E-state index < -0.39 is 0 Å². The molecule has 0 saturated carbocycles. The Morgan fingerprint density at radius 3 is 2.36 bits per heavy atom. The molecule has 0 aliphatic rings. The maximum absolute atomic E-state index is 4.09. The van der Waals surface area contributed by atoms with E-state index in [1.54, 1.807) is 0 Å². The lowest BCUT2D eigenvalue weighted by Crippen LogP contribution is -2.20. The van der Waals surface area contributed by atoms with E-state index in [-0.39, 0.29) is 0 Å². The van der Waals surface area contributed by atoms with Crippen LogP contribution in [0.15, 0.2) is 12.3 Å². The van der Waals surface area contributed by atoms with Crippen molar-refractivity contribution in [2.45, 2.75) is 53.4 Å². The third-order valence-electron chi connectivity index (χ3n) is 2.66. The van der Waals surface area contributed by atoms with Crippen molar-refractivity contribution in [3.63, 3.8) is 0 Å². The first-order chi connectivity index (χ1) is 6.57. The van der Waals surface area contributed by atoms with Crippen LogP contribution in [-0.2, 0) is 0 Å². The highest BCUT2D eigenvalue weighted by atomic mass is 14.9. The van der Waals surface area contributed by atoms with Gasteiger partial charge in [0.2, 0.25) is 0 Å². The van der Waals surface area contributed by atoms with Gasteiger partial charge in [0.05, 0.1) is 0 Å². The van der Waals surface area contributed by atoms with E-state index in [9.17, 15) is 0 Å². The van der Waals surface area contributed by atoms with Crippen molar-refractivity contribution >= 4 is 0 Å². The van der Waals surface area contributed by atoms with Crippen LogP contribution in [0.4, 0.5) is 0 Å². The highest BCUT2D eigenvalue weighted by Gasteiger charge is 2.05. The minimum absolute atomic E-state index is 0.627. The van der Waals surface area contributed by atoms with Crippen molar-refractivity contribution in [1.82, 2.24) is 5.32 Å². The molecule has 0 radical (unpaired) electrons. The van der Waals surface area contributed by atoms with E-state index in [2.05, 4.69) is 39.6 Å². The van der Waals surface area contributed by atoms with E-state index in [0.29, 0.717) is 5.92 Å². The Hall–Kier alpha value is -0.460. The summed E-state index contributed by atoms with van der Waals surface area (Å²) in [5.74, 6) is 1.41. The van der Waals surface area contributed by atoms with Gasteiger partial charge in [-0.2, -0.15) is 0 Å². The van der Waals surface area contributed by atoms with Crippen molar-refractivity contribution < 1.29 is 0 Å². The Labute approximate surface area is 90.0 Å². The second-order valence-corrected chi connectivity index (χ2v) is 4.68. The quantitative estimate of drug-likeness (QED) is 0.621. The van der Waals surface area contributed by atoms with Crippen LogP contribution in [0.5, 0.6) is 0 Å². The molecular weight excluding hydrogens is 170 g/mol. The Bertz CT molecular complexity index is 149. The summed E-state index contributed by atoms with van der Waals surface area (Å²) in [6.07, 6.45) is 5.10. The second-order valence-electron chi connectivity index (χ2n) is 4.68. The molecule has 1 unspecified atom stereocenters. The maximum Gasteiger partial charge on any atom is 0.0146 e. The summed E-state index contributed by atoms with van der Waals surface area (Å²) in [5, 5.41) is 3.43. The molecule has 0 saturated heterocycles. The van der Waals surface area contributed by atoms with Crippen molar-refractivity contribution in [3.8, 4) is 0 Å². The summed E-state index contributed by atoms with van der Waals surface area (Å²) in [6.45, 7) is 14.2. The van der Waals surface area contributed by atoms with Crippen molar-refractivity contribution in [2.24, 2.45) is 11.8 Å². The largest absolute Gasteiger partial charge is 0.389 e. The number of allylic oxidation sites excluding steroid dienone is 1. The molecule has 0 aliphatic carbocycles. The van der Waals surface area contributed by atoms with Gasteiger partial charge in [0.25, 0.3) is 0 Å². The van der Waals surface area contributed by atoms with Crippen LogP contribution in [0.3, 0.4) is 0 Å². The smallest absolute Gasteiger partial charge is 0.0146 e. The SMILES string of the molecule is C=C(NCCC(C)C)C(C)CCCC. The molecule has 1 N–H and O–H groups in total. The summed E-state index contributed by atoms with van der Waals surface area (Å²) >= 11 is 0. The average molecular weight is 197 g/mol. The monoisotopic (exact) mass is 197 g/mol. The molecule has 1 atom stereocenters. The molecule has 1 heteroatoms. The van der Waals surface area contributed by atoms with Gasteiger partial charge in [-0.05, 0) is 24.7 Å². The van der Waals surface area contributed by atoms with Crippen LogP contribution in [-0.4, -0.2) is 6.54 Å². The van der Waals surface area contributed by atoms with Crippen molar-refractivity contribution in [3.05, 3.63) is 12.3 Å². The fourth-order valence-electron chi connectivity index (χ4n) is 1.38. The molecule has 1 nitrogen and oxygen atoms in total. The second kappa shape index (κ2) is 7.90. The van der Waals surface area contributed by atoms with Gasteiger partial charge < -0.3 is 5.32 Å². The number of hydrogen-bond donors (Lipinski definition) is 1. The van der Waals surface area contributed by atoms with E-state index in [1.807, 2.05) is 0 Å². The molecular formula is C13H27N. The highest BCUT2D eigenvalue weighted by Crippen LogP contribution is 2.13. The normalized spacial score (nSPS) is 12.9. The number of unbranched alkanes of at least 4 members (excludes halogenated alkanes) is 1. The van der Waals surface area contributed by atoms with Crippen molar-refractivity contribution in [2.75, 3.05) is 6.54 Å². The topological polar surface area (TPSA) is 12.0 Å². The first-order valence-corrected chi connectivity index (χ1v) is 6.00. The average Bonchev–Trinajstić information content (AvgIpc) is 2.13. The van der Waals surface area contributed by atoms with Gasteiger partial charge in [0.1, 0.15) is 0 Å². The Kier molecular flexibility index (Phi) is 7.64. The fraction of sp³-hybridized carbons (Fsp3) is 0.846. The Morgan fingerprint density at radius 2 is 1.86 bits per heavy atom. The lowest BCUT2D eigenvalue weighted by Gasteiger charge is -2.17. The highest BCUT2D eigenvalue weighted by molar-refractivity contribution is 4.95. The van der Waals surface area contributed by atoms with Crippen LogP contribution >= 0.6 is 0 Å². The summed E-state index contributed by atoms with van der Waals surface area (Å²) in [5.41, 5.74) is 1.22. The van der Waals surface area contributed by atoms with Gasteiger partial charge in [-0.3, -0.25) is 0 Å². The third kappa shape index (κ3) is 6.99. The van der Waals surface area contributed by atoms with E-state index >= 15 is 0 Å². The predicted molar refractivity (Wildman–Crippen MR) is 65.3 cm³/mol. The molecule has 0 spiro atoms. The predicted octanol–water partition coefficient (Wildman–Crippen LogP) is 3.96. The molecule has 0 heterocycles. The van der Waals surface area contributed by atoms with Crippen LogP contribution < -0.4 is 5.32 Å². The lowest BCUT2D eigenvalue weighted by molar-refractivity contribution is 0.506. The van der Waals surface area contributed by atoms with Gasteiger partial charge >= 0.3 is 0 Å². The van der Waals surface area contributed by atoms with Crippen LogP contribution in [0.25, 0.3) is 0 Å². The van der Waals surface area contributed by atoms with Gasteiger partial charge in [0, 0.05) is 12.2 Å². The minimum atomic E-state index is 0.627.